The maximum atomic E-state index is 12.9. The zero-order chi connectivity index (χ0) is 59.8. The summed E-state index contributed by atoms with van der Waals surface area (Å²) in [4.78, 5) is 35.8. The summed E-state index contributed by atoms with van der Waals surface area (Å²) in [5.74, 6) is -0.791. The predicted molar refractivity (Wildman–Crippen MR) is 353 cm³/mol. The Morgan fingerprint density at radius 3 is 1.04 bits per heavy atom. The Morgan fingerprint density at radius 1 is 0.390 bits per heavy atom. The molecule has 2 atom stereocenters. The van der Waals surface area contributed by atoms with Crippen LogP contribution >= 0.6 is 7.82 Å². The lowest BCUT2D eigenvalue weighted by Crippen LogP contribution is -2.37. The molecule has 2 unspecified atom stereocenters. The normalized spacial score (nSPS) is 13.9. The van der Waals surface area contributed by atoms with Crippen LogP contribution < -0.4 is 0 Å². The Hall–Kier alpha value is -3.33. The van der Waals surface area contributed by atoms with Crippen molar-refractivity contribution in [2.75, 3.05) is 47.5 Å². The Labute approximate surface area is 506 Å². The second kappa shape index (κ2) is 62.2. The number of phosphoric ester groups is 1. The number of phosphoric acid groups is 1. The van der Waals surface area contributed by atoms with Gasteiger partial charge < -0.3 is 18.9 Å². The molecule has 0 aromatic rings. The Bertz CT molecular complexity index is 1750. The average molecular weight is 1170 g/mol. The lowest BCUT2D eigenvalue weighted by atomic mass is 10.0. The van der Waals surface area contributed by atoms with Gasteiger partial charge in [0.05, 0.1) is 27.7 Å². The number of esters is 2. The van der Waals surface area contributed by atoms with Gasteiger partial charge in [-0.2, -0.15) is 0 Å². The number of carbonyl (C=O) groups is 2. The van der Waals surface area contributed by atoms with Crippen LogP contribution in [0.2, 0.25) is 0 Å². The standard InChI is InChI=1S/C72H126NO8P/c1-6-8-10-12-14-16-18-20-22-24-25-26-27-28-29-30-31-32-33-34-35-36-37-38-39-40-41-42-43-44-45-46-47-49-51-53-55-57-59-61-63-65-72(75)81-70(69-80-82(76,77)79-67-66-73(3,4)5)68-78-71(74)64-62-60-58-56-54-52-50-48-23-21-19-17-15-13-11-9-7-2/h8,10,14,16,20,22,25-26,28-29,31-32,34-35,37-38,40-41,70H,6-7,9,11-13,15,17-19,21,23-24,27,30,33,36,39,42-69H2,1-5H3/p+1/b10-8-,16-14-,22-20-,26-25-,29-28-,32-31-,35-34-,38-37-,41-40-. The van der Waals surface area contributed by atoms with Crippen molar-refractivity contribution in [3.63, 3.8) is 0 Å². The quantitative estimate of drug-likeness (QED) is 0.0211. The SMILES string of the molecule is CC/C=C\C/C=C\C/C=C\C/C=C\C/C=C\C/C=C\C/C=C\C/C=C\C/C=C\CCCCCCCCCCCCCCCC(=O)OC(COC(=O)CCCCCCCCCCCCCCCCCCC)COP(=O)(O)OCC[N+](C)(C)C. The highest BCUT2D eigenvalue weighted by molar-refractivity contribution is 7.47. The van der Waals surface area contributed by atoms with Gasteiger partial charge in [0.25, 0.3) is 0 Å². The average Bonchev–Trinajstić information content (AvgIpc) is 3.45. The van der Waals surface area contributed by atoms with Crippen LogP contribution in [-0.2, 0) is 32.7 Å². The Balaban J connectivity index is 4.02. The van der Waals surface area contributed by atoms with E-state index in [0.717, 1.165) is 96.3 Å². The predicted octanol–water partition coefficient (Wildman–Crippen LogP) is 21.7. The summed E-state index contributed by atoms with van der Waals surface area (Å²) in [6, 6.07) is 0. The molecular weight excluding hydrogens is 1040 g/mol. The van der Waals surface area contributed by atoms with Crippen LogP contribution in [0.1, 0.15) is 284 Å². The Morgan fingerprint density at radius 2 is 0.695 bits per heavy atom. The maximum absolute atomic E-state index is 12.9. The maximum Gasteiger partial charge on any atom is 0.472 e. The van der Waals surface area contributed by atoms with Gasteiger partial charge in [-0.25, -0.2) is 4.57 Å². The third kappa shape index (κ3) is 65.8. The van der Waals surface area contributed by atoms with Gasteiger partial charge in [-0.3, -0.25) is 18.6 Å². The van der Waals surface area contributed by atoms with Crippen molar-refractivity contribution in [3.8, 4) is 0 Å². The fourth-order valence-electron chi connectivity index (χ4n) is 9.19. The number of rotatable bonds is 61. The van der Waals surface area contributed by atoms with E-state index < -0.39 is 26.5 Å². The minimum atomic E-state index is -4.39. The third-order valence-corrected chi connectivity index (χ3v) is 15.3. The van der Waals surface area contributed by atoms with Crippen molar-refractivity contribution in [2.45, 2.75) is 290 Å². The topological polar surface area (TPSA) is 108 Å². The minimum Gasteiger partial charge on any atom is -0.462 e. The van der Waals surface area contributed by atoms with E-state index in [2.05, 4.69) is 123 Å². The summed E-state index contributed by atoms with van der Waals surface area (Å²) in [7, 11) is 1.48. The molecule has 0 bridgehead atoms. The summed E-state index contributed by atoms with van der Waals surface area (Å²) in [6.07, 6.45) is 87.5. The molecule has 0 spiro atoms. The van der Waals surface area contributed by atoms with Crippen molar-refractivity contribution in [2.24, 2.45) is 0 Å². The monoisotopic (exact) mass is 1160 g/mol. The Kier molecular flexibility index (Phi) is 59.7. The summed E-state index contributed by atoms with van der Waals surface area (Å²) >= 11 is 0. The van der Waals surface area contributed by atoms with E-state index in [1.54, 1.807) is 0 Å². The van der Waals surface area contributed by atoms with Gasteiger partial charge in [0, 0.05) is 12.8 Å². The molecule has 0 aliphatic rings. The van der Waals surface area contributed by atoms with Gasteiger partial charge >= 0.3 is 19.8 Å². The molecule has 9 nitrogen and oxygen atoms in total. The van der Waals surface area contributed by atoms with Crippen LogP contribution in [0.3, 0.4) is 0 Å². The first-order chi connectivity index (χ1) is 40.0. The van der Waals surface area contributed by atoms with Gasteiger partial charge in [0.1, 0.15) is 19.8 Å². The van der Waals surface area contributed by atoms with E-state index in [0.29, 0.717) is 17.4 Å². The van der Waals surface area contributed by atoms with E-state index in [1.807, 2.05) is 21.1 Å². The summed E-state index contributed by atoms with van der Waals surface area (Å²) in [5, 5.41) is 0. The second-order valence-electron chi connectivity index (χ2n) is 23.5. The van der Waals surface area contributed by atoms with Crippen molar-refractivity contribution >= 4 is 19.8 Å². The molecule has 0 heterocycles. The first-order valence-corrected chi connectivity index (χ1v) is 35.1. The molecule has 82 heavy (non-hydrogen) atoms. The zero-order valence-electron chi connectivity index (χ0n) is 53.7. The van der Waals surface area contributed by atoms with Gasteiger partial charge in [-0.05, 0) is 83.5 Å². The fraction of sp³-hybridized carbons (Fsp3) is 0.722. The number of hydrogen-bond acceptors (Lipinski definition) is 7. The number of likely N-dealkylation sites (N-methyl/N-ethyl adjacent to an activating group) is 1. The minimum absolute atomic E-state index is 0.0298. The third-order valence-electron chi connectivity index (χ3n) is 14.3. The molecule has 1 N–H and O–H groups in total. The number of quaternary nitrogens is 1. The van der Waals surface area contributed by atoms with E-state index >= 15 is 0 Å². The lowest BCUT2D eigenvalue weighted by molar-refractivity contribution is -0.870. The molecule has 0 saturated heterocycles. The van der Waals surface area contributed by atoms with Crippen LogP contribution in [0, 0.1) is 0 Å². The van der Waals surface area contributed by atoms with E-state index in [4.69, 9.17) is 18.5 Å². The fourth-order valence-corrected chi connectivity index (χ4v) is 9.93. The van der Waals surface area contributed by atoms with Crippen molar-refractivity contribution in [1.82, 2.24) is 0 Å². The van der Waals surface area contributed by atoms with Crippen molar-refractivity contribution in [1.29, 1.82) is 0 Å². The summed E-state index contributed by atoms with van der Waals surface area (Å²) < 4.78 is 34.6. The number of carbonyl (C=O) groups excluding carboxylic acids is 2. The summed E-state index contributed by atoms with van der Waals surface area (Å²) in [5.41, 5.74) is 0. The van der Waals surface area contributed by atoms with E-state index in [-0.39, 0.29) is 32.0 Å². The van der Waals surface area contributed by atoms with Crippen LogP contribution in [0.4, 0.5) is 0 Å². The zero-order valence-corrected chi connectivity index (χ0v) is 54.6. The molecule has 0 fully saturated rings. The second-order valence-corrected chi connectivity index (χ2v) is 24.9. The van der Waals surface area contributed by atoms with Gasteiger partial charge in [-0.15, -0.1) is 0 Å². The van der Waals surface area contributed by atoms with E-state index in [1.165, 1.54) is 154 Å². The molecule has 0 radical (unpaired) electrons. The van der Waals surface area contributed by atoms with Gasteiger partial charge in [0.15, 0.2) is 6.10 Å². The molecule has 0 aromatic carbocycles. The first-order valence-electron chi connectivity index (χ1n) is 33.6. The first kappa shape index (κ1) is 78.7. The van der Waals surface area contributed by atoms with Crippen LogP contribution in [0.15, 0.2) is 109 Å². The number of nitrogens with zero attached hydrogens (tertiary/aromatic N) is 1. The molecule has 0 aromatic heterocycles. The highest BCUT2D eigenvalue weighted by Gasteiger charge is 2.27. The number of allylic oxidation sites excluding steroid dienone is 18. The van der Waals surface area contributed by atoms with Crippen LogP contribution in [0.5, 0.6) is 0 Å². The molecule has 0 aliphatic heterocycles. The molecule has 472 valence electrons. The van der Waals surface area contributed by atoms with Crippen LogP contribution in [-0.4, -0.2) is 74.9 Å². The van der Waals surface area contributed by atoms with Crippen molar-refractivity contribution in [3.05, 3.63) is 109 Å². The van der Waals surface area contributed by atoms with Gasteiger partial charge in [0.2, 0.25) is 0 Å². The molecule has 0 rings (SSSR count). The highest BCUT2D eigenvalue weighted by atomic mass is 31.2. The van der Waals surface area contributed by atoms with E-state index in [9.17, 15) is 19.0 Å². The smallest absolute Gasteiger partial charge is 0.462 e. The molecule has 0 amide bonds. The number of hydrogen-bond donors (Lipinski definition) is 1. The molecule has 0 saturated carbocycles. The largest absolute Gasteiger partial charge is 0.472 e. The highest BCUT2D eigenvalue weighted by Crippen LogP contribution is 2.43. The molecule has 0 aliphatic carbocycles. The molecule has 10 heteroatoms. The summed E-state index contributed by atoms with van der Waals surface area (Å²) in [6.45, 7) is 4.34. The number of ether oxygens (including phenoxy) is 2. The lowest BCUT2D eigenvalue weighted by Gasteiger charge is -2.24. The van der Waals surface area contributed by atoms with Crippen LogP contribution in [0.25, 0.3) is 0 Å². The van der Waals surface area contributed by atoms with Crippen molar-refractivity contribution < 1.29 is 42.1 Å². The molecular formula is C72H127NO8P+. The van der Waals surface area contributed by atoms with Gasteiger partial charge in [-0.1, -0.05) is 297 Å². The number of unbranched alkanes of at least 4 members (excludes halogenated alkanes) is 29.